The third kappa shape index (κ3) is 5.14. The number of imide groups is 2. The highest BCUT2D eigenvalue weighted by Crippen LogP contribution is 2.32. The Labute approximate surface area is 214 Å². The number of amides is 4. The highest BCUT2D eigenvalue weighted by atomic mass is 79.9. The molecule has 0 aromatic heterocycles. The van der Waals surface area contributed by atoms with Gasteiger partial charge in [0.1, 0.15) is 16.2 Å². The van der Waals surface area contributed by atoms with Gasteiger partial charge in [0.2, 0.25) is 0 Å². The van der Waals surface area contributed by atoms with Gasteiger partial charge in [0.15, 0.2) is 0 Å². The van der Waals surface area contributed by atoms with Crippen molar-refractivity contribution in [3.05, 3.63) is 92.9 Å². The third-order valence-electron chi connectivity index (χ3n) is 4.98. The Kier molecular flexibility index (Phi) is 6.79. The molecule has 8 nitrogen and oxygen atoms in total. The minimum Gasteiger partial charge on any atom is -0.378 e. The second-order valence-corrected chi connectivity index (χ2v) is 10.3. The van der Waals surface area contributed by atoms with E-state index in [2.05, 4.69) is 21.2 Å². The number of nitrogens with zero attached hydrogens (tertiary/aromatic N) is 1. The summed E-state index contributed by atoms with van der Waals surface area (Å²) in [7, 11) is -4.21. The molecule has 4 rings (SSSR count). The molecule has 1 fully saturated rings. The highest BCUT2D eigenvalue weighted by Gasteiger charge is 2.38. The largest absolute Gasteiger partial charge is 0.378 e. The first-order valence-electron chi connectivity index (χ1n) is 10.0. The van der Waals surface area contributed by atoms with Gasteiger partial charge in [-0.15, -0.1) is 0 Å². The summed E-state index contributed by atoms with van der Waals surface area (Å²) >= 11 is 9.44. The summed E-state index contributed by atoms with van der Waals surface area (Å²) in [6.45, 7) is 1.82. The Balaban J connectivity index is 1.76. The van der Waals surface area contributed by atoms with Gasteiger partial charge in [-0.25, -0.2) is 9.69 Å². The van der Waals surface area contributed by atoms with Crippen molar-refractivity contribution in [2.75, 3.05) is 4.90 Å². The van der Waals surface area contributed by atoms with E-state index in [9.17, 15) is 22.8 Å². The summed E-state index contributed by atoms with van der Waals surface area (Å²) in [5, 5.41) is 2.22. The summed E-state index contributed by atoms with van der Waals surface area (Å²) in [6.07, 6.45) is 1.15. The standard InChI is InChI=1S/C24H16BrClN2O6S/c1-14-6-9-17(10-7-14)35(32,33)34-21-11-8-16(25)12-15(21)13-18-22(29)27-24(31)28(23(18)30)20-5-3-2-4-19(20)26/h2-13H,1H3,(H,27,29,31)/b18-13+. The van der Waals surface area contributed by atoms with Crippen LogP contribution in [0, 0.1) is 6.92 Å². The Morgan fingerprint density at radius 1 is 1.00 bits per heavy atom. The van der Waals surface area contributed by atoms with E-state index in [1.54, 1.807) is 30.3 Å². The molecule has 1 saturated heterocycles. The molecule has 1 aliphatic rings. The van der Waals surface area contributed by atoms with Crippen molar-refractivity contribution in [3.8, 4) is 5.75 Å². The lowest BCUT2D eigenvalue weighted by molar-refractivity contribution is -0.122. The molecule has 1 aliphatic heterocycles. The van der Waals surface area contributed by atoms with Crippen LogP contribution in [0.5, 0.6) is 5.75 Å². The van der Waals surface area contributed by atoms with Crippen molar-refractivity contribution >= 4 is 67.3 Å². The molecule has 0 radical (unpaired) electrons. The molecule has 0 aliphatic carbocycles. The Hall–Kier alpha value is -3.47. The minimum atomic E-state index is -4.21. The number of benzene rings is 3. The monoisotopic (exact) mass is 574 g/mol. The fourth-order valence-electron chi connectivity index (χ4n) is 3.24. The van der Waals surface area contributed by atoms with Crippen LogP contribution in [0.3, 0.4) is 0 Å². The summed E-state index contributed by atoms with van der Waals surface area (Å²) in [5.41, 5.74) is 0.655. The lowest BCUT2D eigenvalue weighted by Gasteiger charge is -2.27. The van der Waals surface area contributed by atoms with Crippen molar-refractivity contribution in [2.24, 2.45) is 0 Å². The number of carbonyl (C=O) groups excluding carboxylic acids is 3. The molecule has 0 saturated carbocycles. The molecule has 1 N–H and O–H groups in total. The normalized spacial score (nSPS) is 15.3. The predicted octanol–water partition coefficient (Wildman–Crippen LogP) is 4.85. The summed E-state index contributed by atoms with van der Waals surface area (Å²) < 4.78 is 31.5. The van der Waals surface area contributed by atoms with Crippen LogP contribution >= 0.6 is 27.5 Å². The molecule has 11 heteroatoms. The molecular weight excluding hydrogens is 560 g/mol. The van der Waals surface area contributed by atoms with E-state index in [4.69, 9.17) is 15.8 Å². The van der Waals surface area contributed by atoms with Crippen LogP contribution in [-0.4, -0.2) is 26.3 Å². The summed E-state index contributed by atoms with van der Waals surface area (Å²) in [6, 6.07) is 15.7. The number of rotatable bonds is 5. The topological polar surface area (TPSA) is 110 Å². The van der Waals surface area contributed by atoms with E-state index in [-0.39, 0.29) is 26.9 Å². The van der Waals surface area contributed by atoms with E-state index in [0.717, 1.165) is 16.5 Å². The second-order valence-electron chi connectivity index (χ2n) is 7.44. The van der Waals surface area contributed by atoms with Crippen LogP contribution in [-0.2, 0) is 19.7 Å². The van der Waals surface area contributed by atoms with Gasteiger partial charge in [-0.2, -0.15) is 8.42 Å². The van der Waals surface area contributed by atoms with Crippen LogP contribution in [0.2, 0.25) is 5.02 Å². The molecule has 4 amide bonds. The number of urea groups is 1. The number of halogens is 2. The molecule has 178 valence electrons. The van der Waals surface area contributed by atoms with Gasteiger partial charge in [-0.05, 0) is 55.5 Å². The molecule has 0 bridgehead atoms. The molecule has 1 heterocycles. The van der Waals surface area contributed by atoms with Crippen molar-refractivity contribution < 1.29 is 27.0 Å². The van der Waals surface area contributed by atoms with Crippen molar-refractivity contribution in [2.45, 2.75) is 11.8 Å². The quantitative estimate of drug-likeness (QED) is 0.265. The van der Waals surface area contributed by atoms with Gasteiger partial charge in [-0.3, -0.25) is 14.9 Å². The number of carbonyl (C=O) groups is 3. The molecule has 0 unspecified atom stereocenters. The number of hydrogen-bond acceptors (Lipinski definition) is 6. The zero-order chi connectivity index (χ0) is 25.3. The SMILES string of the molecule is Cc1ccc(S(=O)(=O)Oc2ccc(Br)cc2/C=C2\C(=O)NC(=O)N(c3ccccc3Cl)C2=O)cc1. The predicted molar refractivity (Wildman–Crippen MR) is 134 cm³/mol. The molecule has 35 heavy (non-hydrogen) atoms. The Bertz CT molecular complexity index is 1500. The molecule has 0 spiro atoms. The maximum absolute atomic E-state index is 13.2. The second kappa shape index (κ2) is 9.65. The zero-order valence-corrected chi connectivity index (χ0v) is 21.1. The average Bonchev–Trinajstić information content (AvgIpc) is 2.79. The van der Waals surface area contributed by atoms with Crippen molar-refractivity contribution in [3.63, 3.8) is 0 Å². The fourth-order valence-corrected chi connectivity index (χ4v) is 4.80. The zero-order valence-electron chi connectivity index (χ0n) is 18.0. The van der Waals surface area contributed by atoms with Gasteiger partial charge in [0.05, 0.1) is 10.7 Å². The number of nitrogens with one attached hydrogen (secondary N) is 1. The first-order chi connectivity index (χ1) is 16.6. The van der Waals surface area contributed by atoms with Gasteiger partial charge in [-0.1, -0.05) is 57.4 Å². The lowest BCUT2D eigenvalue weighted by Crippen LogP contribution is -2.54. The maximum atomic E-state index is 13.2. The third-order valence-corrected chi connectivity index (χ3v) is 7.04. The number of anilines is 1. The van der Waals surface area contributed by atoms with Gasteiger partial charge in [0, 0.05) is 10.0 Å². The first-order valence-corrected chi connectivity index (χ1v) is 12.6. The molecule has 3 aromatic rings. The van der Waals surface area contributed by atoms with Gasteiger partial charge < -0.3 is 4.18 Å². The van der Waals surface area contributed by atoms with Crippen molar-refractivity contribution in [1.29, 1.82) is 0 Å². The summed E-state index contributed by atoms with van der Waals surface area (Å²) in [5.74, 6) is -2.00. The number of barbiturate groups is 1. The fraction of sp³-hybridized carbons (Fsp3) is 0.0417. The Morgan fingerprint density at radius 3 is 2.37 bits per heavy atom. The average molecular weight is 576 g/mol. The van der Waals surface area contributed by atoms with E-state index < -0.39 is 33.5 Å². The van der Waals surface area contributed by atoms with E-state index in [1.807, 2.05) is 6.92 Å². The lowest BCUT2D eigenvalue weighted by atomic mass is 10.1. The van der Waals surface area contributed by atoms with Crippen molar-refractivity contribution in [1.82, 2.24) is 5.32 Å². The van der Waals surface area contributed by atoms with Crippen LogP contribution < -0.4 is 14.4 Å². The molecule has 0 atom stereocenters. The van der Waals surface area contributed by atoms with Crippen LogP contribution in [0.25, 0.3) is 6.08 Å². The van der Waals surface area contributed by atoms with Crippen LogP contribution in [0.1, 0.15) is 11.1 Å². The summed E-state index contributed by atoms with van der Waals surface area (Å²) in [4.78, 5) is 38.9. The molecular formula is C24H16BrClN2O6S. The first kappa shape index (κ1) is 24.6. The smallest absolute Gasteiger partial charge is 0.339 e. The Morgan fingerprint density at radius 2 is 1.69 bits per heavy atom. The number of para-hydroxylation sites is 1. The van der Waals surface area contributed by atoms with Gasteiger partial charge in [0.25, 0.3) is 11.8 Å². The number of hydrogen-bond donors (Lipinski definition) is 1. The van der Waals surface area contributed by atoms with E-state index in [1.165, 1.54) is 36.4 Å². The van der Waals surface area contributed by atoms with E-state index >= 15 is 0 Å². The highest BCUT2D eigenvalue weighted by molar-refractivity contribution is 9.10. The van der Waals surface area contributed by atoms with E-state index in [0.29, 0.717) is 4.47 Å². The van der Waals surface area contributed by atoms with Gasteiger partial charge >= 0.3 is 16.1 Å². The molecule has 3 aromatic carbocycles. The van der Waals surface area contributed by atoms with Crippen LogP contribution in [0.15, 0.2) is 81.7 Å². The van der Waals surface area contributed by atoms with Crippen LogP contribution in [0.4, 0.5) is 10.5 Å². The number of aryl methyl sites for hydroxylation is 1. The maximum Gasteiger partial charge on any atom is 0.339 e. The minimum absolute atomic E-state index is 0.0633.